The second kappa shape index (κ2) is 6.40. The van der Waals surface area contributed by atoms with E-state index in [-0.39, 0.29) is 5.91 Å². The van der Waals surface area contributed by atoms with Crippen LogP contribution < -0.4 is 5.32 Å². The molecule has 0 aliphatic carbocycles. The summed E-state index contributed by atoms with van der Waals surface area (Å²) in [6.45, 7) is 6.24. The van der Waals surface area contributed by atoms with Crippen LogP contribution in [-0.2, 0) is 11.2 Å². The van der Waals surface area contributed by atoms with Crippen LogP contribution in [0.5, 0.6) is 0 Å². The summed E-state index contributed by atoms with van der Waals surface area (Å²) in [6.07, 6.45) is 0.589. The Morgan fingerprint density at radius 3 is 2.76 bits per heavy atom. The Bertz CT molecular complexity index is 388. The smallest absolute Gasteiger partial charge is 0.224 e. The molecule has 0 spiro atoms. The summed E-state index contributed by atoms with van der Waals surface area (Å²) in [5.74, 6) is -0.0359. The molecule has 0 aromatic heterocycles. The summed E-state index contributed by atoms with van der Waals surface area (Å²) in [6, 6.07) is 6.10. The molecule has 1 aromatic rings. The fourth-order valence-electron chi connectivity index (χ4n) is 1.60. The Kier molecular flexibility index (Phi) is 5.16. The molecule has 0 fully saturated rings. The minimum absolute atomic E-state index is 0.0359. The molecule has 3 heteroatoms. The fraction of sp³-hybridized carbons (Fsp3) is 0.500. The number of nitrogens with one attached hydrogen (secondary N) is 1. The third-order valence-electron chi connectivity index (χ3n) is 2.86. The van der Waals surface area contributed by atoms with E-state index in [1.807, 2.05) is 39.0 Å². The lowest BCUT2D eigenvalue weighted by atomic mass is 10.0. The summed E-state index contributed by atoms with van der Waals surface area (Å²) >= 11 is 0. The number of hydrogen-bond donors (Lipinski definition) is 2. The Hall–Kier alpha value is -1.35. The lowest BCUT2D eigenvalue weighted by Crippen LogP contribution is -2.32. The van der Waals surface area contributed by atoms with Crippen molar-refractivity contribution in [1.82, 2.24) is 5.32 Å². The molecule has 17 heavy (non-hydrogen) atoms. The van der Waals surface area contributed by atoms with Crippen molar-refractivity contribution in [3.05, 3.63) is 34.9 Å². The maximum Gasteiger partial charge on any atom is 0.224 e. The topological polar surface area (TPSA) is 49.3 Å². The van der Waals surface area contributed by atoms with Crippen molar-refractivity contribution < 1.29 is 9.90 Å². The van der Waals surface area contributed by atoms with Crippen LogP contribution in [0.15, 0.2) is 18.2 Å². The maximum absolute atomic E-state index is 11.7. The molecule has 3 nitrogen and oxygen atoms in total. The van der Waals surface area contributed by atoms with Gasteiger partial charge in [0, 0.05) is 6.54 Å². The Morgan fingerprint density at radius 2 is 2.12 bits per heavy atom. The zero-order chi connectivity index (χ0) is 12.8. The van der Waals surface area contributed by atoms with E-state index >= 15 is 0 Å². The molecule has 94 valence electrons. The van der Waals surface area contributed by atoms with E-state index in [4.69, 9.17) is 0 Å². The first kappa shape index (κ1) is 13.7. The van der Waals surface area contributed by atoms with Gasteiger partial charge in [0.1, 0.15) is 0 Å². The van der Waals surface area contributed by atoms with Gasteiger partial charge in [-0.25, -0.2) is 0 Å². The van der Waals surface area contributed by atoms with Gasteiger partial charge in [0.15, 0.2) is 0 Å². The summed E-state index contributed by atoms with van der Waals surface area (Å²) in [7, 11) is 0. The molecule has 1 amide bonds. The van der Waals surface area contributed by atoms with Crippen LogP contribution in [0.1, 0.15) is 30.0 Å². The predicted octanol–water partition coefficient (Wildman–Crippen LogP) is 1.73. The van der Waals surface area contributed by atoms with Crippen LogP contribution in [0.4, 0.5) is 0 Å². The normalized spacial score (nSPS) is 12.2. The van der Waals surface area contributed by atoms with Gasteiger partial charge >= 0.3 is 0 Å². The largest absolute Gasteiger partial charge is 0.391 e. The molecule has 0 aliphatic rings. The van der Waals surface area contributed by atoms with Gasteiger partial charge < -0.3 is 10.4 Å². The summed E-state index contributed by atoms with van der Waals surface area (Å²) in [4.78, 5) is 11.7. The number of hydrogen-bond acceptors (Lipinski definition) is 2. The van der Waals surface area contributed by atoms with Crippen LogP contribution in [-0.4, -0.2) is 23.7 Å². The van der Waals surface area contributed by atoms with E-state index in [1.54, 1.807) is 0 Å². The van der Waals surface area contributed by atoms with Crippen LogP contribution in [0.25, 0.3) is 0 Å². The molecule has 1 rings (SSSR count). The van der Waals surface area contributed by atoms with E-state index in [1.165, 1.54) is 0 Å². The highest BCUT2D eigenvalue weighted by Crippen LogP contribution is 2.11. The van der Waals surface area contributed by atoms with Crippen LogP contribution in [0.3, 0.4) is 0 Å². The minimum Gasteiger partial charge on any atom is -0.391 e. The quantitative estimate of drug-likeness (QED) is 0.816. The van der Waals surface area contributed by atoms with E-state index < -0.39 is 6.10 Å². The fourth-order valence-corrected chi connectivity index (χ4v) is 1.60. The Balaban J connectivity index is 2.53. The van der Waals surface area contributed by atoms with Crippen molar-refractivity contribution in [2.45, 2.75) is 39.7 Å². The standard InChI is InChI=1S/C14H21NO2/c1-4-13(16)9-15-14(17)8-12-7-10(2)5-6-11(12)3/h5-7,13,16H,4,8-9H2,1-3H3,(H,15,17). The number of aryl methyl sites for hydroxylation is 2. The summed E-state index contributed by atoms with van der Waals surface area (Å²) in [5.41, 5.74) is 3.34. The van der Waals surface area contributed by atoms with Crippen molar-refractivity contribution in [3.63, 3.8) is 0 Å². The molecule has 0 saturated carbocycles. The van der Waals surface area contributed by atoms with Gasteiger partial charge in [-0.2, -0.15) is 0 Å². The molecule has 2 N–H and O–H groups in total. The van der Waals surface area contributed by atoms with Crippen molar-refractivity contribution >= 4 is 5.91 Å². The monoisotopic (exact) mass is 235 g/mol. The minimum atomic E-state index is -0.447. The first-order chi connectivity index (χ1) is 8.02. The molecule has 0 heterocycles. The van der Waals surface area contributed by atoms with Gasteiger partial charge in [0.2, 0.25) is 5.91 Å². The van der Waals surface area contributed by atoms with Crippen LogP contribution in [0.2, 0.25) is 0 Å². The maximum atomic E-state index is 11.7. The lowest BCUT2D eigenvalue weighted by Gasteiger charge is -2.11. The number of carbonyl (C=O) groups excluding carboxylic acids is 1. The van der Waals surface area contributed by atoms with Gasteiger partial charge in [0.05, 0.1) is 12.5 Å². The van der Waals surface area contributed by atoms with Gasteiger partial charge in [-0.15, -0.1) is 0 Å². The Labute approximate surface area is 103 Å². The zero-order valence-electron chi connectivity index (χ0n) is 10.8. The third kappa shape index (κ3) is 4.57. The second-order valence-corrected chi connectivity index (χ2v) is 4.47. The first-order valence-electron chi connectivity index (χ1n) is 6.03. The molecule has 1 aromatic carbocycles. The van der Waals surface area contributed by atoms with E-state index in [0.29, 0.717) is 19.4 Å². The highest BCUT2D eigenvalue weighted by Gasteiger charge is 2.07. The van der Waals surface area contributed by atoms with Crippen molar-refractivity contribution in [3.8, 4) is 0 Å². The number of benzene rings is 1. The van der Waals surface area contributed by atoms with Crippen molar-refractivity contribution in [2.75, 3.05) is 6.54 Å². The van der Waals surface area contributed by atoms with Gasteiger partial charge in [-0.3, -0.25) is 4.79 Å². The predicted molar refractivity (Wildman–Crippen MR) is 68.9 cm³/mol. The summed E-state index contributed by atoms with van der Waals surface area (Å²) in [5, 5.41) is 12.1. The molecule has 1 atom stereocenters. The molecular formula is C14H21NO2. The third-order valence-corrected chi connectivity index (χ3v) is 2.86. The number of aliphatic hydroxyl groups excluding tert-OH is 1. The van der Waals surface area contributed by atoms with Gasteiger partial charge in [-0.1, -0.05) is 30.7 Å². The number of carbonyl (C=O) groups is 1. The van der Waals surface area contributed by atoms with Crippen LogP contribution in [0, 0.1) is 13.8 Å². The summed E-state index contributed by atoms with van der Waals surface area (Å²) < 4.78 is 0. The molecule has 0 saturated heterocycles. The highest BCUT2D eigenvalue weighted by molar-refractivity contribution is 5.79. The molecule has 1 unspecified atom stereocenters. The average Bonchev–Trinajstić information content (AvgIpc) is 2.30. The second-order valence-electron chi connectivity index (χ2n) is 4.47. The van der Waals surface area contributed by atoms with Crippen LogP contribution >= 0.6 is 0 Å². The lowest BCUT2D eigenvalue weighted by molar-refractivity contribution is -0.120. The average molecular weight is 235 g/mol. The Morgan fingerprint density at radius 1 is 1.41 bits per heavy atom. The number of rotatable bonds is 5. The molecule has 0 aliphatic heterocycles. The van der Waals surface area contributed by atoms with E-state index in [2.05, 4.69) is 5.32 Å². The molecule has 0 radical (unpaired) electrons. The van der Waals surface area contributed by atoms with E-state index in [9.17, 15) is 9.90 Å². The first-order valence-corrected chi connectivity index (χ1v) is 6.03. The van der Waals surface area contributed by atoms with Crippen molar-refractivity contribution in [2.24, 2.45) is 0 Å². The van der Waals surface area contributed by atoms with Gasteiger partial charge in [0.25, 0.3) is 0 Å². The number of amides is 1. The van der Waals surface area contributed by atoms with Crippen molar-refractivity contribution in [1.29, 1.82) is 0 Å². The zero-order valence-corrected chi connectivity index (χ0v) is 10.8. The SMILES string of the molecule is CCC(O)CNC(=O)Cc1cc(C)ccc1C. The number of aliphatic hydroxyl groups is 1. The van der Waals surface area contributed by atoms with E-state index in [0.717, 1.165) is 16.7 Å². The molecule has 0 bridgehead atoms. The highest BCUT2D eigenvalue weighted by atomic mass is 16.3. The molecular weight excluding hydrogens is 214 g/mol. The van der Waals surface area contributed by atoms with Gasteiger partial charge in [-0.05, 0) is 31.4 Å².